The largest absolute Gasteiger partial charge is 0.381 e. The maximum atomic E-state index is 5.20. The van der Waals surface area contributed by atoms with E-state index >= 15 is 0 Å². The van der Waals surface area contributed by atoms with E-state index in [2.05, 4.69) is 33.0 Å². The van der Waals surface area contributed by atoms with Crippen LogP contribution in [0.1, 0.15) is 27.7 Å². The molecule has 0 aromatic rings. The van der Waals surface area contributed by atoms with Gasteiger partial charge in [-0.25, -0.2) is 0 Å². The zero-order valence-electron chi connectivity index (χ0n) is 8.35. The van der Waals surface area contributed by atoms with Crippen LogP contribution in [-0.4, -0.2) is 25.8 Å². The molecule has 68 valence electrons. The summed E-state index contributed by atoms with van der Waals surface area (Å²) in [5, 5.41) is 3.38. The monoisotopic (exact) mass is 159 g/mol. The summed E-state index contributed by atoms with van der Waals surface area (Å²) < 4.78 is 5.20. The molecule has 0 amide bonds. The third-order valence-corrected chi connectivity index (χ3v) is 2.02. The first-order valence-corrected chi connectivity index (χ1v) is 4.34. The van der Waals surface area contributed by atoms with E-state index in [1.165, 1.54) is 0 Å². The van der Waals surface area contributed by atoms with Gasteiger partial charge in [-0.05, 0) is 12.8 Å². The van der Waals surface area contributed by atoms with Crippen LogP contribution in [0.5, 0.6) is 0 Å². The lowest BCUT2D eigenvalue weighted by atomic mass is 10.1. The maximum Gasteiger partial charge on any atom is 0.0580 e. The molecule has 2 nitrogen and oxygen atoms in total. The van der Waals surface area contributed by atoms with E-state index in [0.29, 0.717) is 18.1 Å². The molecule has 0 aliphatic heterocycles. The van der Waals surface area contributed by atoms with Gasteiger partial charge in [-0.1, -0.05) is 20.8 Å². The molecule has 0 aromatic carbocycles. The van der Waals surface area contributed by atoms with Crippen LogP contribution >= 0.6 is 0 Å². The van der Waals surface area contributed by atoms with E-state index in [4.69, 9.17) is 4.74 Å². The topological polar surface area (TPSA) is 21.3 Å². The molecule has 2 heteroatoms. The van der Waals surface area contributed by atoms with Crippen molar-refractivity contribution in [3.8, 4) is 0 Å². The zero-order valence-corrected chi connectivity index (χ0v) is 8.35. The molecule has 0 aliphatic carbocycles. The summed E-state index contributed by atoms with van der Waals surface area (Å²) >= 11 is 0. The van der Waals surface area contributed by atoms with Gasteiger partial charge >= 0.3 is 0 Å². The van der Waals surface area contributed by atoms with Crippen LogP contribution in [0.2, 0.25) is 0 Å². The van der Waals surface area contributed by atoms with Crippen molar-refractivity contribution < 1.29 is 4.74 Å². The summed E-state index contributed by atoms with van der Waals surface area (Å²) in [7, 11) is 1.76. The van der Waals surface area contributed by atoms with Crippen LogP contribution in [0, 0.1) is 5.92 Å². The molecule has 0 heterocycles. The van der Waals surface area contributed by atoms with Crippen molar-refractivity contribution in [1.29, 1.82) is 0 Å². The van der Waals surface area contributed by atoms with Crippen molar-refractivity contribution in [3.63, 3.8) is 0 Å². The van der Waals surface area contributed by atoms with Gasteiger partial charge < -0.3 is 10.1 Å². The second-order valence-electron chi connectivity index (χ2n) is 3.48. The van der Waals surface area contributed by atoms with Gasteiger partial charge in [0.2, 0.25) is 0 Å². The van der Waals surface area contributed by atoms with Gasteiger partial charge in [-0.3, -0.25) is 0 Å². The van der Waals surface area contributed by atoms with Gasteiger partial charge in [0.05, 0.1) is 6.10 Å². The highest BCUT2D eigenvalue weighted by Crippen LogP contribution is 2.03. The van der Waals surface area contributed by atoms with Crippen molar-refractivity contribution >= 4 is 0 Å². The van der Waals surface area contributed by atoms with Crippen LogP contribution in [0.25, 0.3) is 0 Å². The average molecular weight is 159 g/mol. The van der Waals surface area contributed by atoms with Gasteiger partial charge in [-0.2, -0.15) is 0 Å². The van der Waals surface area contributed by atoms with E-state index in [0.717, 1.165) is 6.54 Å². The molecule has 11 heavy (non-hydrogen) atoms. The summed E-state index contributed by atoms with van der Waals surface area (Å²) in [5.41, 5.74) is 0. The van der Waals surface area contributed by atoms with Gasteiger partial charge in [-0.15, -0.1) is 0 Å². The van der Waals surface area contributed by atoms with Crippen molar-refractivity contribution in [3.05, 3.63) is 0 Å². The Morgan fingerprint density at radius 1 is 1.18 bits per heavy atom. The van der Waals surface area contributed by atoms with E-state index in [9.17, 15) is 0 Å². The number of hydrogen-bond donors (Lipinski definition) is 1. The highest BCUT2D eigenvalue weighted by molar-refractivity contribution is 4.65. The fraction of sp³-hybridized carbons (Fsp3) is 1.00. The minimum atomic E-state index is 0.348. The smallest absolute Gasteiger partial charge is 0.0580 e. The summed E-state index contributed by atoms with van der Waals surface area (Å²) in [6.45, 7) is 9.65. The third-order valence-electron chi connectivity index (χ3n) is 2.02. The molecule has 0 bridgehead atoms. The van der Waals surface area contributed by atoms with Crippen molar-refractivity contribution in [2.45, 2.75) is 39.8 Å². The number of ether oxygens (including phenoxy) is 1. The Morgan fingerprint density at radius 2 is 1.73 bits per heavy atom. The summed E-state index contributed by atoms with van der Waals surface area (Å²) in [4.78, 5) is 0. The predicted molar refractivity (Wildman–Crippen MR) is 48.8 cm³/mol. The predicted octanol–water partition coefficient (Wildman–Crippen LogP) is 1.66. The molecule has 0 aliphatic rings. The number of hydrogen-bond acceptors (Lipinski definition) is 2. The van der Waals surface area contributed by atoms with E-state index in [1.807, 2.05) is 0 Å². The van der Waals surface area contributed by atoms with Crippen LogP contribution in [0.15, 0.2) is 0 Å². The third kappa shape index (κ3) is 5.22. The fourth-order valence-electron chi connectivity index (χ4n) is 0.820. The Hall–Kier alpha value is -0.0800. The summed E-state index contributed by atoms with van der Waals surface area (Å²) in [5.74, 6) is 0.586. The van der Waals surface area contributed by atoms with E-state index in [-0.39, 0.29) is 0 Å². The lowest BCUT2D eigenvalue weighted by Gasteiger charge is -2.20. The molecular weight excluding hydrogens is 138 g/mol. The number of methoxy groups -OCH3 is 1. The number of nitrogens with one attached hydrogen (secondary N) is 1. The second-order valence-corrected chi connectivity index (χ2v) is 3.48. The Balaban J connectivity index is 3.43. The first-order valence-electron chi connectivity index (χ1n) is 4.34. The molecular formula is C9H21NO. The maximum absolute atomic E-state index is 5.20. The summed E-state index contributed by atoms with van der Waals surface area (Å²) in [6.07, 6.45) is 0.348. The quantitative estimate of drug-likeness (QED) is 0.658. The number of rotatable bonds is 5. The van der Waals surface area contributed by atoms with Crippen molar-refractivity contribution in [1.82, 2.24) is 5.32 Å². The molecule has 2 unspecified atom stereocenters. The lowest BCUT2D eigenvalue weighted by molar-refractivity contribution is 0.0728. The molecule has 1 N–H and O–H groups in total. The molecule has 0 spiro atoms. The molecule has 0 aromatic heterocycles. The van der Waals surface area contributed by atoms with Crippen LogP contribution in [0.3, 0.4) is 0 Å². The van der Waals surface area contributed by atoms with Crippen LogP contribution in [0.4, 0.5) is 0 Å². The molecule has 0 radical (unpaired) electrons. The second kappa shape index (κ2) is 5.56. The van der Waals surface area contributed by atoms with Crippen molar-refractivity contribution in [2.24, 2.45) is 5.92 Å². The molecule has 0 saturated carbocycles. The van der Waals surface area contributed by atoms with Gasteiger partial charge in [0.1, 0.15) is 0 Å². The van der Waals surface area contributed by atoms with Gasteiger partial charge in [0, 0.05) is 19.7 Å². The lowest BCUT2D eigenvalue weighted by Crippen LogP contribution is -2.32. The first-order chi connectivity index (χ1) is 5.07. The Bertz CT molecular complexity index is 93.6. The van der Waals surface area contributed by atoms with Crippen molar-refractivity contribution in [2.75, 3.05) is 13.7 Å². The Morgan fingerprint density at radius 3 is 2.09 bits per heavy atom. The van der Waals surface area contributed by atoms with Crippen LogP contribution in [-0.2, 0) is 4.74 Å². The average Bonchev–Trinajstić information content (AvgIpc) is 1.98. The minimum absolute atomic E-state index is 0.348. The Labute approximate surface area is 70.3 Å². The highest BCUT2D eigenvalue weighted by atomic mass is 16.5. The molecule has 2 atom stereocenters. The molecule has 0 fully saturated rings. The van der Waals surface area contributed by atoms with E-state index < -0.39 is 0 Å². The first kappa shape index (κ1) is 10.9. The van der Waals surface area contributed by atoms with Crippen LogP contribution < -0.4 is 5.32 Å². The normalized spacial score (nSPS) is 16.9. The fourth-order valence-corrected chi connectivity index (χ4v) is 0.820. The standard InChI is InChI=1S/C9H21NO/c1-7(2)10-6-8(3)9(4)11-5/h7-10H,6H2,1-5H3. The van der Waals surface area contributed by atoms with E-state index in [1.54, 1.807) is 7.11 Å². The summed E-state index contributed by atoms with van der Waals surface area (Å²) in [6, 6.07) is 0.571. The van der Waals surface area contributed by atoms with Gasteiger partial charge in [0.25, 0.3) is 0 Å². The zero-order chi connectivity index (χ0) is 8.85. The molecule has 0 rings (SSSR count). The highest BCUT2D eigenvalue weighted by Gasteiger charge is 2.10. The molecule has 0 saturated heterocycles. The van der Waals surface area contributed by atoms with Gasteiger partial charge in [0.15, 0.2) is 0 Å². The Kier molecular flexibility index (Phi) is 5.51. The minimum Gasteiger partial charge on any atom is -0.381 e. The SMILES string of the molecule is COC(C)C(C)CNC(C)C.